The van der Waals surface area contributed by atoms with E-state index in [2.05, 4.69) is 11.8 Å². The third-order valence-electron chi connectivity index (χ3n) is 2.69. The average molecular weight is 217 g/mol. The summed E-state index contributed by atoms with van der Waals surface area (Å²) >= 11 is 1.95. The van der Waals surface area contributed by atoms with Crippen molar-refractivity contribution in [3.05, 3.63) is 0 Å². The Morgan fingerprint density at radius 2 is 2.14 bits per heavy atom. The molecule has 14 heavy (non-hydrogen) atoms. The molecule has 0 radical (unpaired) electrons. The molecule has 1 heterocycles. The summed E-state index contributed by atoms with van der Waals surface area (Å²) in [6, 6.07) is 0. The quantitative estimate of drug-likeness (QED) is 0.709. The summed E-state index contributed by atoms with van der Waals surface area (Å²) in [5.74, 6) is 1.64. The summed E-state index contributed by atoms with van der Waals surface area (Å²) in [6.45, 7) is 5.20. The molecule has 0 aliphatic carbocycles. The third kappa shape index (κ3) is 3.88. The highest BCUT2D eigenvalue weighted by Crippen LogP contribution is 2.17. The molecule has 3 nitrogen and oxygen atoms in total. The van der Waals surface area contributed by atoms with Crippen LogP contribution in [0.1, 0.15) is 19.8 Å². The van der Waals surface area contributed by atoms with E-state index in [4.69, 9.17) is 5.11 Å². The second-order valence-electron chi connectivity index (χ2n) is 3.65. The van der Waals surface area contributed by atoms with Gasteiger partial charge in [0.2, 0.25) is 0 Å². The molecule has 1 fully saturated rings. The van der Waals surface area contributed by atoms with Gasteiger partial charge in [0.1, 0.15) is 0 Å². The number of nitrogens with zero attached hydrogens (tertiary/aromatic N) is 1. The van der Waals surface area contributed by atoms with Gasteiger partial charge in [0, 0.05) is 12.3 Å². The lowest BCUT2D eigenvalue weighted by Gasteiger charge is -2.29. The number of carbonyl (C=O) groups is 1. The summed E-state index contributed by atoms with van der Waals surface area (Å²) in [7, 11) is 0. The summed E-state index contributed by atoms with van der Waals surface area (Å²) in [4.78, 5) is 13.1. The van der Waals surface area contributed by atoms with Crippen molar-refractivity contribution in [3.63, 3.8) is 0 Å². The molecule has 1 aliphatic heterocycles. The van der Waals surface area contributed by atoms with Crippen LogP contribution in [-0.2, 0) is 4.79 Å². The predicted molar refractivity (Wildman–Crippen MR) is 59.8 cm³/mol. The lowest BCUT2D eigenvalue weighted by molar-refractivity contribution is -0.143. The Morgan fingerprint density at radius 3 is 2.64 bits per heavy atom. The molecule has 0 unspecified atom stereocenters. The molecular weight excluding hydrogens is 198 g/mol. The number of rotatable bonds is 5. The zero-order valence-corrected chi connectivity index (χ0v) is 9.55. The highest BCUT2D eigenvalue weighted by molar-refractivity contribution is 7.99. The van der Waals surface area contributed by atoms with Crippen LogP contribution in [0.5, 0.6) is 0 Å². The fourth-order valence-electron chi connectivity index (χ4n) is 1.74. The topological polar surface area (TPSA) is 40.5 Å². The van der Waals surface area contributed by atoms with Gasteiger partial charge < -0.3 is 10.0 Å². The van der Waals surface area contributed by atoms with Crippen LogP contribution < -0.4 is 0 Å². The molecular formula is C10H19NO2S. The Balaban J connectivity index is 2.12. The summed E-state index contributed by atoms with van der Waals surface area (Å²) < 4.78 is 0. The van der Waals surface area contributed by atoms with E-state index in [0.29, 0.717) is 0 Å². The first-order valence-corrected chi connectivity index (χ1v) is 6.42. The Morgan fingerprint density at radius 1 is 1.50 bits per heavy atom. The SMILES string of the molecule is CCSCCN1CCC(C(=O)O)CC1. The molecule has 82 valence electrons. The van der Waals surface area contributed by atoms with Gasteiger partial charge >= 0.3 is 5.97 Å². The number of thioether (sulfide) groups is 1. The van der Waals surface area contributed by atoms with Gasteiger partial charge in [-0.1, -0.05) is 6.92 Å². The number of likely N-dealkylation sites (tertiary alicyclic amines) is 1. The molecule has 1 saturated heterocycles. The molecule has 0 bridgehead atoms. The molecule has 4 heteroatoms. The standard InChI is InChI=1S/C10H19NO2S/c1-2-14-8-7-11-5-3-9(4-6-11)10(12)13/h9H,2-8H2,1H3,(H,12,13). The van der Waals surface area contributed by atoms with Gasteiger partial charge in [-0.15, -0.1) is 0 Å². The fraction of sp³-hybridized carbons (Fsp3) is 0.900. The van der Waals surface area contributed by atoms with E-state index < -0.39 is 5.97 Å². The molecule has 0 saturated carbocycles. The van der Waals surface area contributed by atoms with E-state index in [0.717, 1.165) is 32.5 Å². The van der Waals surface area contributed by atoms with Crippen LogP contribution in [0.2, 0.25) is 0 Å². The fourth-order valence-corrected chi connectivity index (χ4v) is 2.42. The van der Waals surface area contributed by atoms with Crippen molar-refractivity contribution in [2.45, 2.75) is 19.8 Å². The molecule has 0 aromatic rings. The minimum absolute atomic E-state index is 0.0925. The summed E-state index contributed by atoms with van der Waals surface area (Å²) in [5, 5.41) is 8.82. The van der Waals surface area contributed by atoms with Crippen molar-refractivity contribution < 1.29 is 9.90 Å². The van der Waals surface area contributed by atoms with E-state index in [-0.39, 0.29) is 5.92 Å². The molecule has 1 N–H and O–H groups in total. The molecule has 0 amide bonds. The minimum Gasteiger partial charge on any atom is -0.481 e. The number of carboxylic acid groups (broad SMARTS) is 1. The van der Waals surface area contributed by atoms with Crippen LogP contribution in [0.25, 0.3) is 0 Å². The zero-order chi connectivity index (χ0) is 10.4. The van der Waals surface area contributed by atoms with Crippen LogP contribution in [-0.4, -0.2) is 47.1 Å². The molecule has 0 aromatic heterocycles. The van der Waals surface area contributed by atoms with E-state index in [9.17, 15) is 4.79 Å². The number of aliphatic carboxylic acids is 1. The van der Waals surface area contributed by atoms with Gasteiger partial charge in [0.15, 0.2) is 0 Å². The van der Waals surface area contributed by atoms with E-state index >= 15 is 0 Å². The average Bonchev–Trinajstić information content (AvgIpc) is 2.19. The van der Waals surface area contributed by atoms with Crippen molar-refractivity contribution in [1.29, 1.82) is 0 Å². The maximum absolute atomic E-state index is 10.7. The van der Waals surface area contributed by atoms with Crippen molar-refractivity contribution in [2.75, 3.05) is 31.1 Å². The molecule has 1 aliphatic rings. The maximum atomic E-state index is 10.7. The maximum Gasteiger partial charge on any atom is 0.306 e. The predicted octanol–water partition coefficient (Wildman–Crippen LogP) is 1.54. The number of hydrogen-bond donors (Lipinski definition) is 1. The third-order valence-corrected chi connectivity index (χ3v) is 3.57. The van der Waals surface area contributed by atoms with E-state index in [1.807, 2.05) is 11.8 Å². The Labute approximate surface area is 89.9 Å². The lowest BCUT2D eigenvalue weighted by Crippen LogP contribution is -2.37. The highest BCUT2D eigenvalue weighted by atomic mass is 32.2. The van der Waals surface area contributed by atoms with Gasteiger partial charge in [-0.2, -0.15) is 11.8 Å². The first kappa shape index (κ1) is 11.9. The summed E-state index contributed by atoms with van der Waals surface area (Å²) in [5.41, 5.74) is 0. The van der Waals surface area contributed by atoms with Crippen LogP contribution in [0.4, 0.5) is 0 Å². The Hall–Kier alpha value is -0.220. The molecule has 0 atom stereocenters. The van der Waals surface area contributed by atoms with Crippen molar-refractivity contribution >= 4 is 17.7 Å². The molecule has 0 spiro atoms. The number of carboxylic acids is 1. The Kier molecular flexibility index (Phi) is 5.33. The second kappa shape index (κ2) is 6.30. The Bertz CT molecular complexity index is 179. The zero-order valence-electron chi connectivity index (χ0n) is 8.74. The van der Waals surface area contributed by atoms with Gasteiger partial charge in [-0.25, -0.2) is 0 Å². The van der Waals surface area contributed by atoms with Gasteiger partial charge in [-0.05, 0) is 31.7 Å². The van der Waals surface area contributed by atoms with E-state index in [1.54, 1.807) is 0 Å². The first-order valence-electron chi connectivity index (χ1n) is 5.27. The van der Waals surface area contributed by atoms with E-state index in [1.165, 1.54) is 11.5 Å². The highest BCUT2D eigenvalue weighted by Gasteiger charge is 2.23. The molecule has 1 rings (SSSR count). The second-order valence-corrected chi connectivity index (χ2v) is 5.04. The van der Waals surface area contributed by atoms with Crippen LogP contribution in [0, 0.1) is 5.92 Å². The lowest BCUT2D eigenvalue weighted by atomic mass is 9.97. The number of hydrogen-bond acceptors (Lipinski definition) is 3. The van der Waals surface area contributed by atoms with Gasteiger partial charge in [-0.3, -0.25) is 4.79 Å². The van der Waals surface area contributed by atoms with Gasteiger partial charge in [0.25, 0.3) is 0 Å². The molecule has 0 aromatic carbocycles. The summed E-state index contributed by atoms with van der Waals surface area (Å²) in [6.07, 6.45) is 1.65. The van der Waals surface area contributed by atoms with Crippen molar-refractivity contribution in [3.8, 4) is 0 Å². The minimum atomic E-state index is -0.618. The number of piperidine rings is 1. The first-order chi connectivity index (χ1) is 6.74. The van der Waals surface area contributed by atoms with Crippen LogP contribution >= 0.6 is 11.8 Å². The van der Waals surface area contributed by atoms with Crippen LogP contribution in [0.3, 0.4) is 0 Å². The van der Waals surface area contributed by atoms with Crippen LogP contribution in [0.15, 0.2) is 0 Å². The van der Waals surface area contributed by atoms with Gasteiger partial charge in [0.05, 0.1) is 5.92 Å². The monoisotopic (exact) mass is 217 g/mol. The smallest absolute Gasteiger partial charge is 0.306 e. The largest absolute Gasteiger partial charge is 0.481 e. The normalized spacial score (nSPS) is 19.8. The van der Waals surface area contributed by atoms with Crippen molar-refractivity contribution in [1.82, 2.24) is 4.90 Å². The van der Waals surface area contributed by atoms with Crippen molar-refractivity contribution in [2.24, 2.45) is 5.92 Å².